The van der Waals surface area contributed by atoms with Crippen LogP contribution in [0.5, 0.6) is 0 Å². The Morgan fingerprint density at radius 3 is 2.64 bits per heavy atom. The van der Waals surface area contributed by atoms with E-state index in [-0.39, 0.29) is 16.9 Å². The number of carbonyl (C=O) groups is 1. The number of aliphatic hydroxyl groups is 1. The largest absolute Gasteiger partial charge is 0.393 e. The molecule has 2 nitrogen and oxygen atoms in total. The number of hydrogen-bond acceptors (Lipinski definition) is 2. The van der Waals surface area contributed by atoms with E-state index in [0.29, 0.717) is 30.0 Å². The van der Waals surface area contributed by atoms with E-state index in [2.05, 4.69) is 26.8 Å². The van der Waals surface area contributed by atoms with Crippen LogP contribution in [0, 0.1) is 28.6 Å². The quantitative estimate of drug-likeness (QED) is 0.733. The third kappa shape index (κ3) is 1.73. The van der Waals surface area contributed by atoms with Crippen molar-refractivity contribution in [1.82, 2.24) is 0 Å². The summed E-state index contributed by atoms with van der Waals surface area (Å²) in [5.41, 5.74) is 3.02. The molecule has 0 bridgehead atoms. The minimum Gasteiger partial charge on any atom is -0.393 e. The van der Waals surface area contributed by atoms with Crippen LogP contribution in [0.3, 0.4) is 0 Å². The zero-order chi connectivity index (χ0) is 15.7. The Hall–Kier alpha value is -0.890. The summed E-state index contributed by atoms with van der Waals surface area (Å²) < 4.78 is 0. The Morgan fingerprint density at radius 1 is 1.09 bits per heavy atom. The van der Waals surface area contributed by atoms with Gasteiger partial charge < -0.3 is 5.11 Å². The molecule has 0 radical (unpaired) electrons. The molecule has 4 aliphatic carbocycles. The molecule has 0 aromatic heterocycles. The summed E-state index contributed by atoms with van der Waals surface area (Å²) in [6.45, 7) is 6.96. The zero-order valence-corrected chi connectivity index (χ0v) is 14.1. The fourth-order valence-electron chi connectivity index (χ4n) is 6.35. The van der Waals surface area contributed by atoms with Gasteiger partial charge >= 0.3 is 0 Å². The molecule has 22 heavy (non-hydrogen) atoms. The van der Waals surface area contributed by atoms with E-state index < -0.39 is 0 Å². The average molecular weight is 300 g/mol. The second kappa shape index (κ2) is 4.56. The maximum absolute atomic E-state index is 11.9. The number of allylic oxidation sites excluding steroid dienone is 4. The summed E-state index contributed by atoms with van der Waals surface area (Å²) >= 11 is 0. The van der Waals surface area contributed by atoms with Gasteiger partial charge in [0.15, 0.2) is 5.78 Å². The summed E-state index contributed by atoms with van der Waals surface area (Å²) in [5, 5.41) is 10.5. The molecule has 0 heterocycles. The molecule has 1 N–H and O–H groups in total. The van der Waals surface area contributed by atoms with Crippen LogP contribution in [0.4, 0.5) is 0 Å². The lowest BCUT2D eigenvalue weighted by Crippen LogP contribution is -2.50. The summed E-state index contributed by atoms with van der Waals surface area (Å²) in [7, 11) is 0. The van der Waals surface area contributed by atoms with E-state index in [1.54, 1.807) is 0 Å². The minimum atomic E-state index is -0.121. The SMILES string of the molecule is CC1=CC2=CC(=O)CC[C@]2(C)[C@H]2CC[C@]3(C)C(O)CC[C@H]3[C@H]12. The highest BCUT2D eigenvalue weighted by Crippen LogP contribution is 2.64. The van der Waals surface area contributed by atoms with Gasteiger partial charge in [0.05, 0.1) is 6.10 Å². The highest BCUT2D eigenvalue weighted by atomic mass is 16.3. The van der Waals surface area contributed by atoms with Gasteiger partial charge in [-0.05, 0) is 79.3 Å². The van der Waals surface area contributed by atoms with Gasteiger partial charge in [-0.25, -0.2) is 0 Å². The van der Waals surface area contributed by atoms with E-state index in [9.17, 15) is 9.90 Å². The number of aliphatic hydroxyl groups excluding tert-OH is 1. The van der Waals surface area contributed by atoms with Crippen LogP contribution in [0.1, 0.15) is 59.3 Å². The smallest absolute Gasteiger partial charge is 0.156 e. The molecule has 0 amide bonds. The Balaban J connectivity index is 1.80. The molecule has 2 heteroatoms. The number of ketones is 1. The van der Waals surface area contributed by atoms with Gasteiger partial charge in [0.1, 0.15) is 0 Å². The molecule has 6 atom stereocenters. The molecule has 0 aromatic rings. The second-order valence-electron chi connectivity index (χ2n) is 8.75. The van der Waals surface area contributed by atoms with Gasteiger partial charge in [0, 0.05) is 6.42 Å². The topological polar surface area (TPSA) is 37.3 Å². The van der Waals surface area contributed by atoms with Crippen LogP contribution in [-0.4, -0.2) is 17.0 Å². The third-order valence-electron chi connectivity index (χ3n) is 7.81. The average Bonchev–Trinajstić information content (AvgIpc) is 2.77. The van der Waals surface area contributed by atoms with Crippen molar-refractivity contribution in [3.8, 4) is 0 Å². The molecule has 0 spiro atoms. The number of fused-ring (bicyclic) bond motifs is 5. The molecule has 0 aliphatic heterocycles. The first kappa shape index (κ1) is 14.7. The van der Waals surface area contributed by atoms with Crippen molar-refractivity contribution < 1.29 is 9.90 Å². The van der Waals surface area contributed by atoms with Crippen LogP contribution >= 0.6 is 0 Å². The standard InChI is InChI=1S/C20H28O2/c1-12-10-13-11-14(21)6-8-19(13,2)16-7-9-20(3)15(18(12)16)4-5-17(20)22/h10-11,15-18,22H,4-9H2,1-3H3/t15-,16-,17?,18-,19-,20-/m0/s1. The second-order valence-corrected chi connectivity index (χ2v) is 8.75. The Bertz CT molecular complexity index is 587. The Morgan fingerprint density at radius 2 is 1.86 bits per heavy atom. The van der Waals surface area contributed by atoms with E-state index in [0.717, 1.165) is 25.7 Å². The molecule has 2 saturated carbocycles. The van der Waals surface area contributed by atoms with E-state index in [1.165, 1.54) is 17.6 Å². The third-order valence-corrected chi connectivity index (χ3v) is 7.81. The molecule has 120 valence electrons. The summed E-state index contributed by atoms with van der Waals surface area (Å²) in [5.74, 6) is 2.17. The predicted molar refractivity (Wildman–Crippen MR) is 87.2 cm³/mol. The van der Waals surface area contributed by atoms with Crippen LogP contribution in [0.25, 0.3) is 0 Å². The van der Waals surface area contributed by atoms with E-state index >= 15 is 0 Å². The zero-order valence-electron chi connectivity index (χ0n) is 14.1. The van der Waals surface area contributed by atoms with Crippen molar-refractivity contribution in [2.75, 3.05) is 0 Å². The van der Waals surface area contributed by atoms with Crippen molar-refractivity contribution in [2.45, 2.75) is 65.4 Å². The lowest BCUT2D eigenvalue weighted by atomic mass is 9.48. The highest BCUT2D eigenvalue weighted by Gasteiger charge is 2.58. The van der Waals surface area contributed by atoms with Crippen molar-refractivity contribution in [2.24, 2.45) is 28.6 Å². The molecular weight excluding hydrogens is 272 g/mol. The van der Waals surface area contributed by atoms with Gasteiger partial charge in [-0.15, -0.1) is 0 Å². The summed E-state index contributed by atoms with van der Waals surface area (Å²) in [6.07, 6.45) is 10.3. The fourth-order valence-corrected chi connectivity index (χ4v) is 6.35. The number of carbonyl (C=O) groups excluding carboxylic acids is 1. The van der Waals surface area contributed by atoms with Crippen LogP contribution in [0.2, 0.25) is 0 Å². The van der Waals surface area contributed by atoms with Gasteiger partial charge in [-0.1, -0.05) is 25.5 Å². The molecule has 0 saturated heterocycles. The predicted octanol–water partition coefficient (Wildman–Crippen LogP) is 4.05. The van der Waals surface area contributed by atoms with Gasteiger partial charge in [-0.3, -0.25) is 4.79 Å². The molecule has 0 aromatic carbocycles. The van der Waals surface area contributed by atoms with Crippen LogP contribution < -0.4 is 0 Å². The first-order chi connectivity index (χ1) is 10.4. The number of rotatable bonds is 0. The molecule has 4 rings (SSSR count). The maximum atomic E-state index is 11.9. The van der Waals surface area contributed by atoms with Crippen molar-refractivity contribution in [3.05, 3.63) is 23.3 Å². The minimum absolute atomic E-state index is 0.109. The Labute approximate surface area is 133 Å². The van der Waals surface area contributed by atoms with Gasteiger partial charge in [-0.2, -0.15) is 0 Å². The van der Waals surface area contributed by atoms with Crippen molar-refractivity contribution in [3.63, 3.8) is 0 Å². The molecule has 1 unspecified atom stereocenters. The highest BCUT2D eigenvalue weighted by molar-refractivity contribution is 5.92. The number of hydrogen-bond donors (Lipinski definition) is 1. The normalized spacial score (nSPS) is 50.6. The molecule has 2 fully saturated rings. The van der Waals surface area contributed by atoms with E-state index in [1.807, 2.05) is 6.08 Å². The van der Waals surface area contributed by atoms with Gasteiger partial charge in [0.2, 0.25) is 0 Å². The lowest BCUT2D eigenvalue weighted by Gasteiger charge is -2.57. The maximum Gasteiger partial charge on any atom is 0.156 e. The van der Waals surface area contributed by atoms with Crippen molar-refractivity contribution in [1.29, 1.82) is 0 Å². The van der Waals surface area contributed by atoms with Crippen LogP contribution in [-0.2, 0) is 4.79 Å². The molecular formula is C20H28O2. The summed E-state index contributed by atoms with van der Waals surface area (Å²) in [4.78, 5) is 11.9. The monoisotopic (exact) mass is 300 g/mol. The first-order valence-corrected chi connectivity index (χ1v) is 8.97. The summed E-state index contributed by atoms with van der Waals surface area (Å²) in [6, 6.07) is 0. The Kier molecular flexibility index (Phi) is 3.05. The van der Waals surface area contributed by atoms with Crippen LogP contribution in [0.15, 0.2) is 23.3 Å². The molecule has 4 aliphatic rings. The lowest BCUT2D eigenvalue weighted by molar-refractivity contribution is -0.116. The van der Waals surface area contributed by atoms with Gasteiger partial charge in [0.25, 0.3) is 0 Å². The van der Waals surface area contributed by atoms with Crippen molar-refractivity contribution >= 4 is 5.78 Å². The first-order valence-electron chi connectivity index (χ1n) is 8.97. The van der Waals surface area contributed by atoms with E-state index in [4.69, 9.17) is 0 Å². The fraction of sp³-hybridized carbons (Fsp3) is 0.750.